The average Bonchev–Trinajstić information content (AvgIpc) is 2.62. The van der Waals surface area contributed by atoms with Crippen molar-refractivity contribution in [3.8, 4) is 11.5 Å². The molecule has 0 unspecified atom stereocenters. The molecule has 0 spiro atoms. The van der Waals surface area contributed by atoms with Crippen LogP contribution >= 0.6 is 12.4 Å². The monoisotopic (exact) mass is 408 g/mol. The van der Waals surface area contributed by atoms with Crippen LogP contribution in [-0.4, -0.2) is 45.9 Å². The molecule has 27 heavy (non-hydrogen) atoms. The van der Waals surface area contributed by atoms with Crippen molar-refractivity contribution in [1.82, 2.24) is 10.6 Å². The quantitative estimate of drug-likeness (QED) is 0.657. The van der Waals surface area contributed by atoms with E-state index < -0.39 is 12.0 Å². The summed E-state index contributed by atoms with van der Waals surface area (Å²) >= 11 is 0. The lowest BCUT2D eigenvalue weighted by Gasteiger charge is -2.35. The molecular weight excluding hydrogens is 382 g/mol. The van der Waals surface area contributed by atoms with E-state index >= 15 is 0 Å². The third-order valence-electron chi connectivity index (χ3n) is 4.47. The fourth-order valence-electron chi connectivity index (χ4n) is 3.17. The van der Waals surface area contributed by atoms with Gasteiger partial charge in [-0.1, -0.05) is 12.1 Å². The van der Waals surface area contributed by atoms with E-state index in [1.165, 1.54) is 0 Å². The molecule has 1 aliphatic heterocycles. The number of alkyl halides is 2. The number of piperidine rings is 1. The lowest BCUT2D eigenvalue weighted by Crippen LogP contribution is -2.50. The Morgan fingerprint density at radius 2 is 2.04 bits per heavy atom. The summed E-state index contributed by atoms with van der Waals surface area (Å²) in [6.45, 7) is 0.953. The molecule has 1 aliphatic rings. The van der Waals surface area contributed by atoms with Gasteiger partial charge >= 0.3 is 6.61 Å². The van der Waals surface area contributed by atoms with E-state index in [0.717, 1.165) is 13.1 Å². The van der Waals surface area contributed by atoms with Crippen LogP contribution in [0.3, 0.4) is 0 Å². The van der Waals surface area contributed by atoms with E-state index in [2.05, 4.69) is 15.4 Å². The number of carbonyl (C=O) groups is 1. The molecule has 0 atom stereocenters. The van der Waals surface area contributed by atoms with E-state index in [-0.39, 0.29) is 36.4 Å². The second-order valence-corrected chi connectivity index (χ2v) is 6.20. The minimum Gasteiger partial charge on any atom is -0.490 e. The van der Waals surface area contributed by atoms with Crippen LogP contribution in [0, 0.1) is 5.41 Å². The number of rotatable bonds is 9. The predicted molar refractivity (Wildman–Crippen MR) is 99.8 cm³/mol. The van der Waals surface area contributed by atoms with Crippen LogP contribution in [0.1, 0.15) is 25.3 Å². The molecule has 1 heterocycles. The Bertz CT molecular complexity index is 593. The molecule has 1 fully saturated rings. The molecule has 154 valence electrons. The summed E-state index contributed by atoms with van der Waals surface area (Å²) in [7, 11) is 1.57. The Balaban J connectivity index is 0.00000364. The lowest BCUT2D eigenvalue weighted by molar-refractivity contribution is -0.136. The number of benzene rings is 1. The van der Waals surface area contributed by atoms with Crippen molar-refractivity contribution in [2.45, 2.75) is 32.9 Å². The number of nitrogens with one attached hydrogen (secondary N) is 2. The molecule has 2 N–H and O–H groups in total. The topological polar surface area (TPSA) is 68.8 Å². The lowest BCUT2D eigenvalue weighted by atomic mass is 9.78. The summed E-state index contributed by atoms with van der Waals surface area (Å²) in [6.07, 6.45) is 1.32. The van der Waals surface area contributed by atoms with Gasteiger partial charge in [-0.2, -0.15) is 8.78 Å². The van der Waals surface area contributed by atoms with Gasteiger partial charge in [0.1, 0.15) is 0 Å². The standard InChI is InChI=1S/C18H26F2N2O4.ClH/c1-3-25-14-6-4-5-13(15(14)26-17(19)20)11-22-16(23)18(12-24-2)7-9-21-10-8-18;/h4-6,17,21H,3,7-12H2,1-2H3,(H,22,23);1H. The molecule has 2 rings (SSSR count). The van der Waals surface area contributed by atoms with Crippen LogP contribution in [0.2, 0.25) is 0 Å². The van der Waals surface area contributed by atoms with Gasteiger partial charge in [0.25, 0.3) is 0 Å². The second-order valence-electron chi connectivity index (χ2n) is 6.20. The predicted octanol–water partition coefficient (Wildman–Crippen LogP) is 2.74. The summed E-state index contributed by atoms with van der Waals surface area (Å²) in [5.74, 6) is 0.0365. The number of hydrogen-bond donors (Lipinski definition) is 2. The van der Waals surface area contributed by atoms with Gasteiger partial charge in [-0.05, 0) is 38.9 Å². The third-order valence-corrected chi connectivity index (χ3v) is 4.47. The second kappa shape index (κ2) is 11.3. The molecule has 1 amide bonds. The van der Waals surface area contributed by atoms with Crippen LogP contribution in [0.25, 0.3) is 0 Å². The fourth-order valence-corrected chi connectivity index (χ4v) is 3.17. The third kappa shape index (κ3) is 6.19. The molecule has 0 radical (unpaired) electrons. The first-order valence-corrected chi connectivity index (χ1v) is 8.70. The molecular formula is C18H27ClF2N2O4. The van der Waals surface area contributed by atoms with Crippen molar-refractivity contribution >= 4 is 18.3 Å². The van der Waals surface area contributed by atoms with Crippen molar-refractivity contribution in [3.05, 3.63) is 23.8 Å². The molecule has 6 nitrogen and oxygen atoms in total. The minimum atomic E-state index is -2.98. The zero-order chi connectivity index (χ0) is 19.0. The number of ether oxygens (including phenoxy) is 3. The Morgan fingerprint density at radius 3 is 2.63 bits per heavy atom. The molecule has 0 aliphatic carbocycles. The molecule has 1 saturated heterocycles. The Kier molecular flexibility index (Phi) is 9.76. The van der Waals surface area contributed by atoms with Gasteiger partial charge in [-0.15, -0.1) is 12.4 Å². The number of halogens is 3. The largest absolute Gasteiger partial charge is 0.490 e. The number of amides is 1. The summed E-state index contributed by atoms with van der Waals surface area (Å²) in [5.41, 5.74) is -0.174. The normalized spacial score (nSPS) is 15.7. The average molecular weight is 409 g/mol. The highest BCUT2D eigenvalue weighted by molar-refractivity contribution is 5.85. The van der Waals surface area contributed by atoms with Crippen LogP contribution < -0.4 is 20.1 Å². The van der Waals surface area contributed by atoms with E-state index in [1.807, 2.05) is 0 Å². The number of hydrogen-bond acceptors (Lipinski definition) is 5. The Morgan fingerprint density at radius 1 is 1.33 bits per heavy atom. The molecule has 1 aromatic rings. The van der Waals surface area contributed by atoms with Gasteiger partial charge in [0.15, 0.2) is 11.5 Å². The molecule has 0 aromatic heterocycles. The van der Waals surface area contributed by atoms with Crippen LogP contribution in [0.15, 0.2) is 18.2 Å². The summed E-state index contributed by atoms with van der Waals surface area (Å²) in [6, 6.07) is 4.87. The molecule has 0 bridgehead atoms. The van der Waals surface area contributed by atoms with Crippen molar-refractivity contribution in [2.75, 3.05) is 33.4 Å². The first-order chi connectivity index (χ1) is 12.5. The van der Waals surface area contributed by atoms with Gasteiger partial charge in [0.05, 0.1) is 18.6 Å². The zero-order valence-electron chi connectivity index (χ0n) is 15.6. The maximum atomic E-state index is 12.8. The zero-order valence-corrected chi connectivity index (χ0v) is 16.4. The van der Waals surface area contributed by atoms with Crippen LogP contribution in [0.4, 0.5) is 8.78 Å². The highest BCUT2D eigenvalue weighted by Gasteiger charge is 2.39. The van der Waals surface area contributed by atoms with Crippen LogP contribution in [-0.2, 0) is 16.1 Å². The maximum absolute atomic E-state index is 12.8. The molecule has 0 saturated carbocycles. The maximum Gasteiger partial charge on any atom is 0.387 e. The minimum absolute atomic E-state index is 0. The van der Waals surface area contributed by atoms with Gasteiger partial charge < -0.3 is 24.8 Å². The fraction of sp³-hybridized carbons (Fsp3) is 0.611. The van der Waals surface area contributed by atoms with Gasteiger partial charge in [-0.3, -0.25) is 4.79 Å². The van der Waals surface area contributed by atoms with Gasteiger partial charge in [-0.25, -0.2) is 0 Å². The van der Waals surface area contributed by atoms with Crippen molar-refractivity contribution in [2.24, 2.45) is 5.41 Å². The SMILES string of the molecule is CCOc1cccc(CNC(=O)C2(COC)CCNCC2)c1OC(F)F.Cl. The Hall–Kier alpha value is -1.64. The van der Waals surface area contributed by atoms with E-state index in [0.29, 0.717) is 31.6 Å². The van der Waals surface area contributed by atoms with E-state index in [9.17, 15) is 13.6 Å². The summed E-state index contributed by atoms with van der Waals surface area (Å²) in [5, 5.41) is 6.07. The highest BCUT2D eigenvalue weighted by atomic mass is 35.5. The first kappa shape index (κ1) is 23.4. The van der Waals surface area contributed by atoms with E-state index in [1.54, 1.807) is 32.2 Å². The molecule has 9 heteroatoms. The number of methoxy groups -OCH3 is 1. The van der Waals surface area contributed by atoms with Gasteiger partial charge in [0.2, 0.25) is 5.91 Å². The summed E-state index contributed by atoms with van der Waals surface area (Å²) in [4.78, 5) is 12.8. The van der Waals surface area contributed by atoms with Crippen molar-refractivity contribution in [3.63, 3.8) is 0 Å². The number of carbonyl (C=O) groups excluding carboxylic acids is 1. The smallest absolute Gasteiger partial charge is 0.387 e. The van der Waals surface area contributed by atoms with Gasteiger partial charge in [0, 0.05) is 19.2 Å². The number of para-hydroxylation sites is 1. The van der Waals surface area contributed by atoms with Crippen molar-refractivity contribution in [1.29, 1.82) is 0 Å². The van der Waals surface area contributed by atoms with Crippen molar-refractivity contribution < 1.29 is 27.8 Å². The first-order valence-electron chi connectivity index (χ1n) is 8.70. The molecule has 1 aromatic carbocycles. The Labute approximate surface area is 164 Å². The van der Waals surface area contributed by atoms with Crippen LogP contribution in [0.5, 0.6) is 11.5 Å². The summed E-state index contributed by atoms with van der Waals surface area (Å²) < 4.78 is 40.8. The highest BCUT2D eigenvalue weighted by Crippen LogP contribution is 2.34. The van der Waals surface area contributed by atoms with E-state index in [4.69, 9.17) is 9.47 Å².